The number of aromatic nitrogens is 2. The quantitative estimate of drug-likeness (QED) is 0.402. The Morgan fingerprint density at radius 1 is 1.03 bits per heavy atom. The summed E-state index contributed by atoms with van der Waals surface area (Å²) in [6.45, 7) is 3.41. The number of para-hydroxylation sites is 2. The average molecular weight is 447 g/mol. The third kappa shape index (κ3) is 6.16. The molecule has 1 aromatic heterocycles. The number of aryl methyl sites for hydroxylation is 1. The van der Waals surface area contributed by atoms with Gasteiger partial charge in [-0.25, -0.2) is 9.48 Å². The van der Waals surface area contributed by atoms with Crippen molar-refractivity contribution in [2.45, 2.75) is 20.3 Å². The first-order chi connectivity index (χ1) is 15.9. The van der Waals surface area contributed by atoms with Gasteiger partial charge in [-0.3, -0.25) is 9.59 Å². The van der Waals surface area contributed by atoms with Crippen LogP contribution < -0.4 is 10.6 Å². The summed E-state index contributed by atoms with van der Waals surface area (Å²) in [5, 5.41) is 4.54. The van der Waals surface area contributed by atoms with Crippen molar-refractivity contribution in [3.8, 4) is 5.69 Å². The molecule has 2 aromatic carbocycles. The third-order valence-electron chi connectivity index (χ3n) is 5.02. The molecular weight excluding hydrogens is 420 g/mol. The number of nitrogens with zero attached hydrogens (tertiary/aromatic N) is 3. The summed E-state index contributed by atoms with van der Waals surface area (Å²) in [6.07, 6.45) is 2.90. The Hall–Kier alpha value is -4.20. The minimum atomic E-state index is -0.655. The van der Waals surface area contributed by atoms with E-state index in [1.165, 1.54) is 11.0 Å². The lowest BCUT2D eigenvalue weighted by atomic mass is 10.2. The maximum atomic E-state index is 12.7. The van der Waals surface area contributed by atoms with Gasteiger partial charge in [0.1, 0.15) is 0 Å². The smallest absolute Gasteiger partial charge is 0.331 e. The van der Waals surface area contributed by atoms with E-state index in [2.05, 4.69) is 5.10 Å². The Bertz CT molecular complexity index is 1150. The molecule has 0 fully saturated rings. The van der Waals surface area contributed by atoms with Gasteiger partial charge in [0.25, 0.3) is 5.91 Å². The van der Waals surface area contributed by atoms with Crippen LogP contribution in [0.5, 0.6) is 0 Å². The molecule has 8 nitrogen and oxygen atoms in total. The molecule has 1 heterocycles. The van der Waals surface area contributed by atoms with Crippen molar-refractivity contribution in [1.29, 1.82) is 0 Å². The van der Waals surface area contributed by atoms with Crippen LogP contribution in [0.4, 0.5) is 5.69 Å². The number of ether oxygens (including phenoxy) is 1. The molecule has 0 saturated heterocycles. The molecule has 8 heteroatoms. The van der Waals surface area contributed by atoms with Crippen LogP contribution in [-0.2, 0) is 19.1 Å². The maximum absolute atomic E-state index is 12.7. The van der Waals surface area contributed by atoms with E-state index in [0.29, 0.717) is 5.69 Å². The molecule has 0 bridgehead atoms. The summed E-state index contributed by atoms with van der Waals surface area (Å²) in [7, 11) is 0. The Labute approximate surface area is 192 Å². The highest BCUT2D eigenvalue weighted by molar-refractivity contribution is 5.97. The van der Waals surface area contributed by atoms with Crippen LogP contribution in [-0.4, -0.2) is 40.7 Å². The first-order valence-corrected chi connectivity index (χ1v) is 10.5. The van der Waals surface area contributed by atoms with Gasteiger partial charge in [-0.05, 0) is 44.2 Å². The predicted octanol–water partition coefficient (Wildman–Crippen LogP) is 2.95. The van der Waals surface area contributed by atoms with E-state index in [1.807, 2.05) is 50.2 Å². The second-order valence-corrected chi connectivity index (χ2v) is 7.37. The van der Waals surface area contributed by atoms with Gasteiger partial charge < -0.3 is 15.4 Å². The van der Waals surface area contributed by atoms with E-state index in [9.17, 15) is 14.4 Å². The number of amides is 2. The highest BCUT2D eigenvalue weighted by Gasteiger charge is 2.18. The summed E-state index contributed by atoms with van der Waals surface area (Å²) in [4.78, 5) is 37.5. The number of carbonyl (C=O) groups excluding carboxylic acids is 3. The predicted molar refractivity (Wildman–Crippen MR) is 126 cm³/mol. The van der Waals surface area contributed by atoms with Gasteiger partial charge in [-0.2, -0.15) is 5.10 Å². The van der Waals surface area contributed by atoms with Crippen LogP contribution >= 0.6 is 0 Å². The average Bonchev–Trinajstić information content (AvgIpc) is 3.10. The largest absolute Gasteiger partial charge is 0.452 e. The standard InChI is InChI=1S/C25H26N4O4/c1-18-22(19(2)29(27-18)21-11-7-4-8-12-21)13-14-25(32)33-17-24(31)28(16-15-23(26)30)20-9-5-3-6-10-20/h3-14H,15-17H2,1-2H3,(H2,26,30)/b14-13+. The molecule has 2 amide bonds. The zero-order valence-corrected chi connectivity index (χ0v) is 18.6. The maximum Gasteiger partial charge on any atom is 0.331 e. The van der Waals surface area contributed by atoms with Crippen molar-refractivity contribution in [3.63, 3.8) is 0 Å². The summed E-state index contributed by atoms with van der Waals surface area (Å²) in [6, 6.07) is 18.5. The summed E-state index contributed by atoms with van der Waals surface area (Å²) in [5.41, 5.74) is 9.17. The molecule has 2 N–H and O–H groups in total. The molecule has 170 valence electrons. The van der Waals surface area contributed by atoms with E-state index in [1.54, 1.807) is 35.0 Å². The second-order valence-electron chi connectivity index (χ2n) is 7.37. The first kappa shape index (κ1) is 23.5. The van der Waals surface area contributed by atoms with Gasteiger partial charge in [-0.1, -0.05) is 36.4 Å². The van der Waals surface area contributed by atoms with Gasteiger partial charge in [0.2, 0.25) is 5.91 Å². The van der Waals surface area contributed by atoms with Gasteiger partial charge >= 0.3 is 5.97 Å². The summed E-state index contributed by atoms with van der Waals surface area (Å²) >= 11 is 0. The normalized spacial score (nSPS) is 10.8. The molecule has 33 heavy (non-hydrogen) atoms. The van der Waals surface area contributed by atoms with Crippen LogP contribution in [0.15, 0.2) is 66.7 Å². The molecule has 0 aliphatic rings. The molecule has 0 saturated carbocycles. The minimum Gasteiger partial charge on any atom is -0.452 e. The zero-order valence-electron chi connectivity index (χ0n) is 18.6. The lowest BCUT2D eigenvalue weighted by molar-refractivity contribution is -0.143. The SMILES string of the molecule is Cc1nn(-c2ccccc2)c(C)c1/C=C/C(=O)OCC(=O)N(CCC(N)=O)c1ccccc1. The van der Waals surface area contributed by atoms with Crippen molar-refractivity contribution in [2.75, 3.05) is 18.1 Å². The van der Waals surface area contributed by atoms with Crippen LogP contribution in [0.1, 0.15) is 23.4 Å². The van der Waals surface area contributed by atoms with Crippen molar-refractivity contribution in [1.82, 2.24) is 9.78 Å². The molecule has 0 aliphatic carbocycles. The van der Waals surface area contributed by atoms with E-state index < -0.39 is 24.4 Å². The van der Waals surface area contributed by atoms with Gasteiger partial charge in [0, 0.05) is 36.0 Å². The monoisotopic (exact) mass is 446 g/mol. The number of carbonyl (C=O) groups is 3. The lowest BCUT2D eigenvalue weighted by Crippen LogP contribution is -2.37. The second kappa shape index (κ2) is 10.9. The van der Waals surface area contributed by atoms with Gasteiger partial charge in [0.15, 0.2) is 6.61 Å². The fourth-order valence-electron chi connectivity index (χ4n) is 3.35. The molecular formula is C25H26N4O4. The molecule has 0 atom stereocenters. The number of hydrogen-bond acceptors (Lipinski definition) is 5. The Morgan fingerprint density at radius 2 is 1.67 bits per heavy atom. The van der Waals surface area contributed by atoms with Crippen LogP contribution in [0.25, 0.3) is 11.8 Å². The van der Waals surface area contributed by atoms with Crippen LogP contribution in [0, 0.1) is 13.8 Å². The molecule has 3 aromatic rings. The van der Waals surface area contributed by atoms with Crippen molar-refractivity contribution >= 4 is 29.5 Å². The van der Waals surface area contributed by atoms with Crippen molar-refractivity contribution < 1.29 is 19.1 Å². The van der Waals surface area contributed by atoms with Gasteiger partial charge in [-0.15, -0.1) is 0 Å². The zero-order chi connectivity index (χ0) is 23.8. The minimum absolute atomic E-state index is 0.00155. The van der Waals surface area contributed by atoms with Crippen molar-refractivity contribution in [2.24, 2.45) is 5.73 Å². The number of nitrogens with two attached hydrogens (primary N) is 1. The Balaban J connectivity index is 1.65. The van der Waals surface area contributed by atoms with E-state index in [4.69, 9.17) is 10.5 Å². The number of esters is 1. The first-order valence-electron chi connectivity index (χ1n) is 10.5. The number of anilines is 1. The van der Waals surface area contributed by atoms with E-state index >= 15 is 0 Å². The molecule has 0 unspecified atom stereocenters. The highest BCUT2D eigenvalue weighted by atomic mass is 16.5. The number of benzene rings is 2. The van der Waals surface area contributed by atoms with E-state index in [-0.39, 0.29) is 13.0 Å². The fraction of sp³-hybridized carbons (Fsp3) is 0.200. The summed E-state index contributed by atoms with van der Waals surface area (Å²) in [5.74, 6) is -1.63. The Morgan fingerprint density at radius 3 is 2.30 bits per heavy atom. The topological polar surface area (TPSA) is 108 Å². The Kier molecular flexibility index (Phi) is 7.75. The molecule has 3 rings (SSSR count). The summed E-state index contributed by atoms with van der Waals surface area (Å²) < 4.78 is 6.95. The third-order valence-corrected chi connectivity index (χ3v) is 5.02. The lowest BCUT2D eigenvalue weighted by Gasteiger charge is -2.22. The molecule has 0 radical (unpaired) electrons. The van der Waals surface area contributed by atoms with Gasteiger partial charge in [0.05, 0.1) is 11.4 Å². The number of primary amides is 1. The van der Waals surface area contributed by atoms with Crippen LogP contribution in [0.2, 0.25) is 0 Å². The van der Waals surface area contributed by atoms with Crippen LogP contribution in [0.3, 0.4) is 0 Å². The molecule has 0 aliphatic heterocycles. The number of rotatable bonds is 9. The van der Waals surface area contributed by atoms with E-state index in [0.717, 1.165) is 22.6 Å². The highest BCUT2D eigenvalue weighted by Crippen LogP contribution is 2.19. The number of hydrogen-bond donors (Lipinski definition) is 1. The fourth-order valence-corrected chi connectivity index (χ4v) is 3.35. The van der Waals surface area contributed by atoms with Crippen molar-refractivity contribution in [3.05, 3.63) is 83.7 Å². The molecule has 0 spiro atoms.